The van der Waals surface area contributed by atoms with E-state index in [1.165, 1.54) is 34.4 Å². The highest BCUT2D eigenvalue weighted by atomic mass is 32.1. The number of fused-ring (bicyclic) bond motifs is 1. The van der Waals surface area contributed by atoms with Crippen molar-refractivity contribution in [2.24, 2.45) is 7.05 Å². The van der Waals surface area contributed by atoms with Crippen LogP contribution in [0.3, 0.4) is 0 Å². The Hall–Kier alpha value is -3.07. The van der Waals surface area contributed by atoms with Crippen molar-refractivity contribution in [1.29, 1.82) is 0 Å². The Morgan fingerprint density at radius 3 is 2.40 bits per heavy atom. The van der Waals surface area contributed by atoms with Gasteiger partial charge in [-0.3, -0.25) is 14.4 Å². The standard InChI is InChI=1S/C21H21FN4O3S/c1-13-17-19(23-12-24(2)20(17)28)30-18(13)21(29)26-9-7-25(8-10-26)16(27)11-14-3-5-15(22)6-4-14/h3-6,12H,7-11H2,1-2H3. The van der Waals surface area contributed by atoms with Crippen molar-refractivity contribution in [1.82, 2.24) is 19.4 Å². The predicted molar refractivity (Wildman–Crippen MR) is 112 cm³/mol. The molecule has 4 rings (SSSR count). The van der Waals surface area contributed by atoms with Gasteiger partial charge in [-0.25, -0.2) is 9.37 Å². The van der Waals surface area contributed by atoms with Crippen LogP contribution in [0.5, 0.6) is 0 Å². The number of aryl methyl sites for hydroxylation is 2. The molecular formula is C21H21FN4O3S. The van der Waals surface area contributed by atoms with Crippen molar-refractivity contribution in [3.63, 3.8) is 0 Å². The van der Waals surface area contributed by atoms with Gasteiger partial charge in [0.2, 0.25) is 5.91 Å². The molecule has 0 saturated carbocycles. The molecule has 1 aliphatic rings. The summed E-state index contributed by atoms with van der Waals surface area (Å²) in [5.74, 6) is -0.509. The van der Waals surface area contributed by atoms with Crippen molar-refractivity contribution in [2.75, 3.05) is 26.2 Å². The molecule has 2 amide bonds. The lowest BCUT2D eigenvalue weighted by Crippen LogP contribution is -2.51. The number of piperazine rings is 1. The van der Waals surface area contributed by atoms with Crippen LogP contribution in [-0.2, 0) is 18.3 Å². The molecule has 156 valence electrons. The second-order valence-corrected chi connectivity index (χ2v) is 8.37. The summed E-state index contributed by atoms with van der Waals surface area (Å²) < 4.78 is 14.4. The third-order valence-electron chi connectivity index (χ3n) is 5.39. The highest BCUT2D eigenvalue weighted by Gasteiger charge is 2.28. The van der Waals surface area contributed by atoms with Gasteiger partial charge in [0, 0.05) is 33.2 Å². The average Bonchev–Trinajstić information content (AvgIpc) is 3.09. The van der Waals surface area contributed by atoms with Gasteiger partial charge in [0.1, 0.15) is 10.6 Å². The average molecular weight is 428 g/mol. The first kappa shape index (κ1) is 20.2. The van der Waals surface area contributed by atoms with Crippen molar-refractivity contribution in [3.05, 3.63) is 62.8 Å². The Morgan fingerprint density at radius 1 is 1.10 bits per heavy atom. The first-order valence-corrected chi connectivity index (χ1v) is 10.4. The van der Waals surface area contributed by atoms with E-state index < -0.39 is 0 Å². The molecule has 3 aromatic rings. The van der Waals surface area contributed by atoms with Gasteiger partial charge >= 0.3 is 0 Å². The Bertz CT molecular complexity index is 1180. The summed E-state index contributed by atoms with van der Waals surface area (Å²) in [7, 11) is 1.63. The summed E-state index contributed by atoms with van der Waals surface area (Å²) in [5, 5.41) is 0.487. The molecule has 1 aliphatic heterocycles. The van der Waals surface area contributed by atoms with Crippen LogP contribution >= 0.6 is 11.3 Å². The van der Waals surface area contributed by atoms with E-state index in [-0.39, 0.29) is 29.6 Å². The van der Waals surface area contributed by atoms with Crippen molar-refractivity contribution in [3.8, 4) is 0 Å². The minimum absolute atomic E-state index is 0.0422. The highest BCUT2D eigenvalue weighted by molar-refractivity contribution is 7.20. The fourth-order valence-corrected chi connectivity index (χ4v) is 4.71. The van der Waals surface area contributed by atoms with Crippen LogP contribution in [0.15, 0.2) is 35.4 Å². The molecule has 3 heterocycles. The molecule has 0 N–H and O–H groups in total. The number of nitrogens with zero attached hydrogens (tertiary/aromatic N) is 4. The largest absolute Gasteiger partial charge is 0.339 e. The van der Waals surface area contributed by atoms with E-state index in [9.17, 15) is 18.8 Å². The fourth-order valence-electron chi connectivity index (χ4n) is 3.60. The number of rotatable bonds is 3. The van der Waals surface area contributed by atoms with Gasteiger partial charge in [-0.2, -0.15) is 0 Å². The smallest absolute Gasteiger partial charge is 0.264 e. The van der Waals surface area contributed by atoms with Gasteiger partial charge in [0.15, 0.2) is 0 Å². The number of aromatic nitrogens is 2. The minimum Gasteiger partial charge on any atom is -0.339 e. The van der Waals surface area contributed by atoms with Crippen molar-refractivity contribution in [2.45, 2.75) is 13.3 Å². The SMILES string of the molecule is Cc1c(C(=O)N2CCN(C(=O)Cc3ccc(F)cc3)CC2)sc2ncn(C)c(=O)c12. The zero-order valence-corrected chi connectivity index (χ0v) is 17.5. The van der Waals surface area contributed by atoms with Crippen LogP contribution < -0.4 is 5.56 Å². The van der Waals surface area contributed by atoms with Gasteiger partial charge in [-0.1, -0.05) is 12.1 Å². The zero-order chi connectivity index (χ0) is 21.4. The second kappa shape index (κ2) is 7.98. The summed E-state index contributed by atoms with van der Waals surface area (Å²) in [5.41, 5.74) is 1.25. The number of hydrogen-bond donors (Lipinski definition) is 0. The summed E-state index contributed by atoms with van der Waals surface area (Å²) in [6, 6.07) is 5.90. The molecule has 0 unspecified atom stereocenters. The van der Waals surface area contributed by atoms with E-state index >= 15 is 0 Å². The van der Waals surface area contributed by atoms with E-state index in [1.54, 1.807) is 35.9 Å². The third-order valence-corrected chi connectivity index (χ3v) is 6.58. The van der Waals surface area contributed by atoms with Crippen LogP contribution in [-0.4, -0.2) is 57.3 Å². The van der Waals surface area contributed by atoms with E-state index in [0.717, 1.165) is 5.56 Å². The van der Waals surface area contributed by atoms with Gasteiger partial charge in [0.25, 0.3) is 11.5 Å². The van der Waals surface area contributed by atoms with E-state index in [1.807, 2.05) is 0 Å². The Labute approximate surface area is 176 Å². The van der Waals surface area contributed by atoms with Crippen LogP contribution in [0.4, 0.5) is 4.39 Å². The van der Waals surface area contributed by atoms with Crippen molar-refractivity contribution < 1.29 is 14.0 Å². The minimum atomic E-state index is -0.331. The quantitative estimate of drug-likeness (QED) is 0.639. The molecule has 0 atom stereocenters. The number of amides is 2. The number of carbonyl (C=O) groups excluding carboxylic acids is 2. The summed E-state index contributed by atoms with van der Waals surface area (Å²) >= 11 is 1.23. The molecule has 0 aliphatic carbocycles. The molecule has 1 saturated heterocycles. The van der Waals surface area contributed by atoms with Gasteiger partial charge in [-0.05, 0) is 30.2 Å². The maximum atomic E-state index is 13.0. The first-order chi connectivity index (χ1) is 14.3. The molecule has 1 aromatic carbocycles. The van der Waals surface area contributed by atoms with Gasteiger partial charge < -0.3 is 14.4 Å². The normalized spacial score (nSPS) is 14.4. The fraction of sp³-hybridized carbons (Fsp3) is 0.333. The topological polar surface area (TPSA) is 75.5 Å². The molecule has 9 heteroatoms. The maximum absolute atomic E-state index is 13.0. The molecule has 30 heavy (non-hydrogen) atoms. The molecule has 2 aromatic heterocycles. The van der Waals surface area contributed by atoms with E-state index in [0.29, 0.717) is 46.8 Å². The lowest BCUT2D eigenvalue weighted by atomic mass is 10.1. The number of hydrogen-bond acceptors (Lipinski definition) is 5. The van der Waals surface area contributed by atoms with E-state index in [2.05, 4.69) is 4.98 Å². The molecule has 0 spiro atoms. The summed E-state index contributed by atoms with van der Waals surface area (Å²) in [6.07, 6.45) is 1.67. The lowest BCUT2D eigenvalue weighted by Gasteiger charge is -2.34. The van der Waals surface area contributed by atoms with Crippen LogP contribution in [0.25, 0.3) is 10.2 Å². The predicted octanol–water partition coefficient (Wildman–Crippen LogP) is 1.97. The number of halogens is 1. The third kappa shape index (κ3) is 3.72. The highest BCUT2D eigenvalue weighted by Crippen LogP contribution is 2.28. The molecule has 1 fully saturated rings. The Morgan fingerprint density at radius 2 is 1.73 bits per heavy atom. The monoisotopic (exact) mass is 428 g/mol. The molecular weight excluding hydrogens is 407 g/mol. The Balaban J connectivity index is 1.43. The maximum Gasteiger partial charge on any atom is 0.264 e. The first-order valence-electron chi connectivity index (χ1n) is 9.61. The number of benzene rings is 1. The number of thiophene rings is 1. The Kier molecular flexibility index (Phi) is 5.38. The lowest BCUT2D eigenvalue weighted by molar-refractivity contribution is -0.131. The second-order valence-electron chi connectivity index (χ2n) is 7.37. The van der Waals surface area contributed by atoms with Gasteiger partial charge in [0.05, 0.1) is 23.0 Å². The van der Waals surface area contributed by atoms with Crippen LogP contribution in [0.2, 0.25) is 0 Å². The van der Waals surface area contributed by atoms with Crippen LogP contribution in [0, 0.1) is 12.7 Å². The molecule has 0 radical (unpaired) electrons. The van der Waals surface area contributed by atoms with E-state index in [4.69, 9.17) is 0 Å². The summed E-state index contributed by atoms with van der Waals surface area (Å²) in [6.45, 7) is 3.50. The molecule has 7 nitrogen and oxygen atoms in total. The van der Waals surface area contributed by atoms with Crippen molar-refractivity contribution >= 4 is 33.4 Å². The molecule has 0 bridgehead atoms. The van der Waals surface area contributed by atoms with Crippen LogP contribution in [0.1, 0.15) is 20.8 Å². The summed E-state index contributed by atoms with van der Waals surface area (Å²) in [4.78, 5) is 46.7. The zero-order valence-electron chi connectivity index (χ0n) is 16.7. The van der Waals surface area contributed by atoms with Gasteiger partial charge in [-0.15, -0.1) is 11.3 Å². The number of carbonyl (C=O) groups is 2.